The summed E-state index contributed by atoms with van der Waals surface area (Å²) in [4.78, 5) is 0. The lowest BCUT2D eigenvalue weighted by atomic mass is 10.1. The molecule has 0 heterocycles. The van der Waals surface area contributed by atoms with Crippen LogP contribution in [0.1, 0.15) is 11.1 Å². The third kappa shape index (κ3) is 3.89. The summed E-state index contributed by atoms with van der Waals surface area (Å²) in [5, 5.41) is 3.14. The van der Waals surface area contributed by atoms with Gasteiger partial charge < -0.3 is 19.5 Å². The Morgan fingerprint density at radius 2 is 1.52 bits per heavy atom. The molecule has 0 fully saturated rings. The van der Waals surface area contributed by atoms with Gasteiger partial charge in [0.2, 0.25) is 0 Å². The first kappa shape index (κ1) is 15.2. The van der Waals surface area contributed by atoms with Crippen molar-refractivity contribution in [1.82, 2.24) is 5.32 Å². The molecule has 21 heavy (non-hydrogen) atoms. The van der Waals surface area contributed by atoms with E-state index in [9.17, 15) is 0 Å². The second-order valence-corrected chi connectivity index (χ2v) is 4.78. The van der Waals surface area contributed by atoms with E-state index in [1.165, 1.54) is 5.56 Å². The highest BCUT2D eigenvalue weighted by atomic mass is 16.5. The smallest absolute Gasteiger partial charge is 0.134 e. The van der Waals surface area contributed by atoms with Crippen molar-refractivity contribution < 1.29 is 14.2 Å². The molecule has 0 aliphatic rings. The van der Waals surface area contributed by atoms with Gasteiger partial charge >= 0.3 is 0 Å². The number of benzene rings is 2. The SMILES string of the molecule is CNCc1ccc(C)c(Oc2cc(OC)cc(OC)c2)c1. The molecule has 2 aromatic carbocycles. The fourth-order valence-electron chi connectivity index (χ4n) is 2.04. The van der Waals surface area contributed by atoms with Crippen LogP contribution in [0.3, 0.4) is 0 Å². The molecule has 0 saturated carbocycles. The first-order chi connectivity index (χ1) is 10.2. The Morgan fingerprint density at radius 3 is 2.10 bits per heavy atom. The summed E-state index contributed by atoms with van der Waals surface area (Å²) >= 11 is 0. The van der Waals surface area contributed by atoms with Crippen molar-refractivity contribution >= 4 is 0 Å². The van der Waals surface area contributed by atoms with Gasteiger partial charge in [0.1, 0.15) is 23.0 Å². The molecule has 4 heteroatoms. The van der Waals surface area contributed by atoms with Crippen molar-refractivity contribution in [2.24, 2.45) is 0 Å². The van der Waals surface area contributed by atoms with Gasteiger partial charge in [-0.1, -0.05) is 12.1 Å². The standard InChI is InChI=1S/C17H21NO3/c1-12-5-6-13(11-18-2)7-17(12)21-16-9-14(19-3)8-15(10-16)20-4/h5-10,18H,11H2,1-4H3. The summed E-state index contributed by atoms with van der Waals surface area (Å²) < 4.78 is 16.5. The van der Waals surface area contributed by atoms with Gasteiger partial charge in [0.05, 0.1) is 14.2 Å². The molecular formula is C17H21NO3. The van der Waals surface area contributed by atoms with E-state index in [4.69, 9.17) is 14.2 Å². The molecular weight excluding hydrogens is 266 g/mol. The Bertz CT molecular complexity index is 589. The summed E-state index contributed by atoms with van der Waals surface area (Å²) in [5.74, 6) is 2.93. The number of nitrogens with one attached hydrogen (secondary N) is 1. The Balaban J connectivity index is 2.30. The van der Waals surface area contributed by atoms with Gasteiger partial charge in [0.25, 0.3) is 0 Å². The quantitative estimate of drug-likeness (QED) is 0.882. The fourth-order valence-corrected chi connectivity index (χ4v) is 2.04. The summed E-state index contributed by atoms with van der Waals surface area (Å²) in [6.07, 6.45) is 0. The molecule has 0 bridgehead atoms. The highest BCUT2D eigenvalue weighted by molar-refractivity contribution is 5.46. The average molecular weight is 287 g/mol. The molecule has 2 rings (SSSR count). The number of hydrogen-bond donors (Lipinski definition) is 1. The van der Waals surface area contributed by atoms with Crippen molar-refractivity contribution in [1.29, 1.82) is 0 Å². The maximum Gasteiger partial charge on any atom is 0.134 e. The Hall–Kier alpha value is -2.20. The largest absolute Gasteiger partial charge is 0.496 e. The average Bonchev–Trinajstić information content (AvgIpc) is 2.50. The van der Waals surface area contributed by atoms with Gasteiger partial charge in [-0.15, -0.1) is 0 Å². The summed E-state index contributed by atoms with van der Waals surface area (Å²) in [5.41, 5.74) is 2.25. The van der Waals surface area contributed by atoms with Gasteiger partial charge in [-0.2, -0.15) is 0 Å². The molecule has 0 aliphatic heterocycles. The minimum absolute atomic E-state index is 0.691. The molecule has 0 spiro atoms. The molecule has 2 aromatic rings. The van der Waals surface area contributed by atoms with E-state index < -0.39 is 0 Å². The highest BCUT2D eigenvalue weighted by Gasteiger charge is 2.07. The summed E-state index contributed by atoms with van der Waals surface area (Å²) in [6.45, 7) is 2.83. The first-order valence-electron chi connectivity index (χ1n) is 6.81. The van der Waals surface area contributed by atoms with E-state index in [1.807, 2.05) is 38.2 Å². The van der Waals surface area contributed by atoms with E-state index >= 15 is 0 Å². The van der Waals surface area contributed by atoms with Gasteiger partial charge in [0.15, 0.2) is 0 Å². The molecule has 4 nitrogen and oxygen atoms in total. The Labute approximate surface area is 125 Å². The van der Waals surface area contributed by atoms with E-state index in [0.717, 1.165) is 17.9 Å². The molecule has 0 amide bonds. The normalized spacial score (nSPS) is 10.3. The minimum atomic E-state index is 0.691. The maximum atomic E-state index is 5.99. The van der Waals surface area contributed by atoms with Crippen LogP contribution in [-0.2, 0) is 6.54 Å². The Morgan fingerprint density at radius 1 is 0.905 bits per heavy atom. The van der Waals surface area contributed by atoms with E-state index in [1.54, 1.807) is 14.2 Å². The van der Waals surface area contributed by atoms with Crippen LogP contribution in [0.25, 0.3) is 0 Å². The number of aryl methyl sites for hydroxylation is 1. The molecule has 112 valence electrons. The van der Waals surface area contributed by atoms with E-state index in [2.05, 4.69) is 17.4 Å². The number of methoxy groups -OCH3 is 2. The summed E-state index contributed by atoms with van der Waals surface area (Å²) in [6, 6.07) is 11.7. The topological polar surface area (TPSA) is 39.7 Å². The number of ether oxygens (including phenoxy) is 3. The van der Waals surface area contributed by atoms with Crippen LogP contribution in [-0.4, -0.2) is 21.3 Å². The predicted molar refractivity (Wildman–Crippen MR) is 83.6 cm³/mol. The van der Waals surface area contributed by atoms with Crippen molar-refractivity contribution in [3.63, 3.8) is 0 Å². The van der Waals surface area contributed by atoms with Crippen LogP contribution < -0.4 is 19.5 Å². The number of hydrogen-bond acceptors (Lipinski definition) is 4. The van der Waals surface area contributed by atoms with Crippen molar-refractivity contribution in [3.05, 3.63) is 47.5 Å². The molecule has 0 aliphatic carbocycles. The van der Waals surface area contributed by atoms with Crippen LogP contribution in [0, 0.1) is 6.92 Å². The van der Waals surface area contributed by atoms with Gasteiger partial charge in [0, 0.05) is 24.7 Å². The Kier molecular flexibility index (Phi) is 5.06. The van der Waals surface area contributed by atoms with E-state index in [-0.39, 0.29) is 0 Å². The van der Waals surface area contributed by atoms with Crippen LogP contribution in [0.15, 0.2) is 36.4 Å². The molecule has 0 saturated heterocycles. The summed E-state index contributed by atoms with van der Waals surface area (Å²) in [7, 11) is 5.17. The predicted octanol–water partition coefficient (Wildman–Crippen LogP) is 3.52. The van der Waals surface area contributed by atoms with Crippen LogP contribution >= 0.6 is 0 Å². The molecule has 0 unspecified atom stereocenters. The second kappa shape index (κ2) is 6.99. The number of rotatable bonds is 6. The van der Waals surface area contributed by atoms with Crippen LogP contribution in [0.4, 0.5) is 0 Å². The van der Waals surface area contributed by atoms with Crippen molar-refractivity contribution in [3.8, 4) is 23.0 Å². The maximum absolute atomic E-state index is 5.99. The third-order valence-electron chi connectivity index (χ3n) is 3.19. The lowest BCUT2D eigenvalue weighted by Crippen LogP contribution is -2.05. The zero-order valence-corrected chi connectivity index (χ0v) is 12.9. The van der Waals surface area contributed by atoms with Gasteiger partial charge in [-0.25, -0.2) is 0 Å². The van der Waals surface area contributed by atoms with Crippen molar-refractivity contribution in [2.75, 3.05) is 21.3 Å². The minimum Gasteiger partial charge on any atom is -0.496 e. The van der Waals surface area contributed by atoms with Gasteiger partial charge in [-0.3, -0.25) is 0 Å². The third-order valence-corrected chi connectivity index (χ3v) is 3.19. The highest BCUT2D eigenvalue weighted by Crippen LogP contribution is 2.32. The lowest BCUT2D eigenvalue weighted by Gasteiger charge is -2.13. The molecule has 0 atom stereocenters. The molecule has 0 radical (unpaired) electrons. The zero-order valence-electron chi connectivity index (χ0n) is 12.9. The van der Waals surface area contributed by atoms with Gasteiger partial charge in [-0.05, 0) is 31.2 Å². The lowest BCUT2D eigenvalue weighted by molar-refractivity contribution is 0.386. The molecule has 0 aromatic heterocycles. The molecule has 1 N–H and O–H groups in total. The van der Waals surface area contributed by atoms with Crippen LogP contribution in [0.2, 0.25) is 0 Å². The fraction of sp³-hybridized carbons (Fsp3) is 0.294. The zero-order chi connectivity index (χ0) is 15.2. The van der Waals surface area contributed by atoms with Crippen LogP contribution in [0.5, 0.6) is 23.0 Å². The van der Waals surface area contributed by atoms with E-state index in [0.29, 0.717) is 17.2 Å². The van der Waals surface area contributed by atoms with Crippen molar-refractivity contribution in [2.45, 2.75) is 13.5 Å². The monoisotopic (exact) mass is 287 g/mol. The second-order valence-electron chi connectivity index (χ2n) is 4.78. The first-order valence-corrected chi connectivity index (χ1v) is 6.81.